The Hall–Kier alpha value is -2.70. The third kappa shape index (κ3) is 2.59. The van der Waals surface area contributed by atoms with Crippen molar-refractivity contribution in [1.82, 2.24) is 4.98 Å². The molecule has 0 saturated heterocycles. The molecule has 7 nitrogen and oxygen atoms in total. The fourth-order valence-corrected chi connectivity index (χ4v) is 1.74. The fraction of sp³-hybridized carbons (Fsp3) is 0.167. The second-order valence-electron chi connectivity index (χ2n) is 3.78. The van der Waals surface area contributed by atoms with Crippen LogP contribution in [-0.4, -0.2) is 22.4 Å². The number of nitro groups is 1. The molecule has 0 unspecified atom stereocenters. The Labute approximate surface area is 109 Å². The normalized spacial score (nSPS) is 11.5. The van der Waals surface area contributed by atoms with E-state index >= 15 is 0 Å². The molecule has 0 aliphatic heterocycles. The molecule has 0 radical (unpaired) electrons. The molecular weight excluding hydrogens is 246 g/mol. The van der Waals surface area contributed by atoms with Crippen LogP contribution in [0.2, 0.25) is 0 Å². The molecule has 0 atom stereocenters. The standard InChI is InChI=1S/C12H13N5O2/c1-2-14-12(13)16-11-8-5-3-4-6-9(8)15-7-10(11)17(18)19/h3-7H,2H2,1H3,(H3,13,14,15,16). The van der Waals surface area contributed by atoms with Crippen molar-refractivity contribution in [3.63, 3.8) is 0 Å². The Morgan fingerprint density at radius 3 is 2.95 bits per heavy atom. The molecule has 98 valence electrons. The lowest BCUT2D eigenvalue weighted by atomic mass is 10.1. The first kappa shape index (κ1) is 12.7. The van der Waals surface area contributed by atoms with Gasteiger partial charge in [-0.3, -0.25) is 15.1 Å². The number of benzene rings is 1. The van der Waals surface area contributed by atoms with Gasteiger partial charge in [-0.1, -0.05) is 18.2 Å². The first-order valence-electron chi connectivity index (χ1n) is 5.72. The molecule has 0 amide bonds. The van der Waals surface area contributed by atoms with Gasteiger partial charge in [-0.25, -0.2) is 4.98 Å². The Morgan fingerprint density at radius 2 is 2.26 bits per heavy atom. The van der Waals surface area contributed by atoms with Gasteiger partial charge in [0.15, 0.2) is 5.96 Å². The van der Waals surface area contributed by atoms with Gasteiger partial charge in [0.05, 0.1) is 10.4 Å². The van der Waals surface area contributed by atoms with Crippen LogP contribution in [0.5, 0.6) is 0 Å². The SMILES string of the molecule is CCN=C(N)Nc1c([N+](=O)[O-])cnc2ccccc12. The van der Waals surface area contributed by atoms with E-state index in [1.807, 2.05) is 13.0 Å². The highest BCUT2D eigenvalue weighted by Crippen LogP contribution is 2.30. The van der Waals surface area contributed by atoms with Crippen molar-refractivity contribution in [1.29, 1.82) is 0 Å². The molecule has 0 spiro atoms. The Bertz CT molecular complexity index is 654. The topological polar surface area (TPSA) is 106 Å². The van der Waals surface area contributed by atoms with Crippen LogP contribution in [0.1, 0.15) is 6.92 Å². The summed E-state index contributed by atoms with van der Waals surface area (Å²) >= 11 is 0. The van der Waals surface area contributed by atoms with E-state index in [1.54, 1.807) is 18.2 Å². The summed E-state index contributed by atoms with van der Waals surface area (Å²) in [6.45, 7) is 2.32. The first-order chi connectivity index (χ1) is 9.13. The van der Waals surface area contributed by atoms with E-state index in [0.29, 0.717) is 23.1 Å². The largest absolute Gasteiger partial charge is 0.370 e. The predicted molar refractivity (Wildman–Crippen MR) is 74.2 cm³/mol. The lowest BCUT2D eigenvalue weighted by Gasteiger charge is -2.09. The summed E-state index contributed by atoms with van der Waals surface area (Å²) in [5.41, 5.74) is 6.50. The van der Waals surface area contributed by atoms with E-state index in [-0.39, 0.29) is 11.6 Å². The summed E-state index contributed by atoms with van der Waals surface area (Å²) in [5, 5.41) is 14.5. The van der Waals surface area contributed by atoms with Crippen LogP contribution in [0.15, 0.2) is 35.5 Å². The third-order valence-electron chi connectivity index (χ3n) is 2.53. The van der Waals surface area contributed by atoms with Gasteiger partial charge in [-0.15, -0.1) is 0 Å². The summed E-state index contributed by atoms with van der Waals surface area (Å²) < 4.78 is 0. The van der Waals surface area contributed by atoms with Crippen LogP contribution in [-0.2, 0) is 0 Å². The maximum Gasteiger partial charge on any atom is 0.311 e. The van der Waals surface area contributed by atoms with Crippen LogP contribution in [0.3, 0.4) is 0 Å². The minimum absolute atomic E-state index is 0.132. The molecule has 0 bridgehead atoms. The Balaban J connectivity index is 2.62. The van der Waals surface area contributed by atoms with Gasteiger partial charge in [0.1, 0.15) is 11.9 Å². The van der Waals surface area contributed by atoms with Crippen molar-refractivity contribution < 1.29 is 4.92 Å². The van der Waals surface area contributed by atoms with Gasteiger partial charge in [-0.05, 0) is 13.0 Å². The highest BCUT2D eigenvalue weighted by molar-refractivity contribution is 6.04. The second-order valence-corrected chi connectivity index (χ2v) is 3.78. The number of hydrogen-bond acceptors (Lipinski definition) is 4. The smallest absolute Gasteiger partial charge is 0.311 e. The predicted octanol–water partition coefficient (Wildman–Crippen LogP) is 1.89. The van der Waals surface area contributed by atoms with Crippen LogP contribution >= 0.6 is 0 Å². The average molecular weight is 259 g/mol. The minimum atomic E-state index is -0.499. The number of aliphatic imine (C=N–C) groups is 1. The molecule has 0 fully saturated rings. The van der Waals surface area contributed by atoms with Gasteiger partial charge in [-0.2, -0.15) is 0 Å². The number of pyridine rings is 1. The van der Waals surface area contributed by atoms with Crippen LogP contribution < -0.4 is 11.1 Å². The molecule has 7 heteroatoms. The van der Waals surface area contributed by atoms with Gasteiger partial charge < -0.3 is 11.1 Å². The summed E-state index contributed by atoms with van der Waals surface area (Å²) in [7, 11) is 0. The summed E-state index contributed by atoms with van der Waals surface area (Å²) in [5.74, 6) is 0.141. The summed E-state index contributed by atoms with van der Waals surface area (Å²) in [6.07, 6.45) is 1.21. The number of para-hydroxylation sites is 1. The second kappa shape index (κ2) is 5.30. The van der Waals surface area contributed by atoms with Gasteiger partial charge in [0.2, 0.25) is 0 Å². The molecular formula is C12H13N5O2. The number of rotatable bonds is 3. The van der Waals surface area contributed by atoms with Gasteiger partial charge in [0.25, 0.3) is 0 Å². The van der Waals surface area contributed by atoms with Crippen molar-refractivity contribution in [2.45, 2.75) is 6.92 Å². The number of hydrogen-bond donors (Lipinski definition) is 2. The molecule has 19 heavy (non-hydrogen) atoms. The van der Waals surface area contributed by atoms with Crippen LogP contribution in [0.4, 0.5) is 11.4 Å². The molecule has 1 aromatic carbocycles. The lowest BCUT2D eigenvalue weighted by Crippen LogP contribution is -2.23. The molecule has 2 rings (SSSR count). The molecule has 1 heterocycles. The van der Waals surface area contributed by atoms with Crippen molar-refractivity contribution in [3.05, 3.63) is 40.6 Å². The number of nitrogens with zero attached hydrogens (tertiary/aromatic N) is 3. The zero-order valence-electron chi connectivity index (χ0n) is 10.3. The fourth-order valence-electron chi connectivity index (χ4n) is 1.74. The minimum Gasteiger partial charge on any atom is -0.370 e. The van der Waals surface area contributed by atoms with E-state index in [1.165, 1.54) is 6.20 Å². The molecule has 0 aliphatic rings. The number of nitrogens with two attached hydrogens (primary N) is 1. The highest BCUT2D eigenvalue weighted by atomic mass is 16.6. The Kier molecular flexibility index (Phi) is 3.56. The average Bonchev–Trinajstić information content (AvgIpc) is 2.39. The number of anilines is 1. The van der Waals surface area contributed by atoms with E-state index < -0.39 is 4.92 Å². The van der Waals surface area contributed by atoms with Gasteiger partial charge >= 0.3 is 5.69 Å². The number of fused-ring (bicyclic) bond motifs is 1. The van der Waals surface area contributed by atoms with Gasteiger partial charge in [0, 0.05) is 11.9 Å². The van der Waals surface area contributed by atoms with Crippen LogP contribution in [0, 0.1) is 10.1 Å². The Morgan fingerprint density at radius 1 is 1.53 bits per heavy atom. The van der Waals surface area contributed by atoms with Crippen molar-refractivity contribution >= 4 is 28.2 Å². The molecule has 0 aliphatic carbocycles. The van der Waals surface area contributed by atoms with E-state index in [0.717, 1.165) is 0 Å². The van der Waals surface area contributed by atoms with E-state index in [9.17, 15) is 10.1 Å². The molecule has 2 aromatic rings. The zero-order valence-corrected chi connectivity index (χ0v) is 10.3. The van der Waals surface area contributed by atoms with Crippen molar-refractivity contribution in [3.8, 4) is 0 Å². The van der Waals surface area contributed by atoms with Crippen molar-refractivity contribution in [2.24, 2.45) is 10.7 Å². The lowest BCUT2D eigenvalue weighted by molar-refractivity contribution is -0.384. The quantitative estimate of drug-likeness (QED) is 0.379. The van der Waals surface area contributed by atoms with E-state index in [4.69, 9.17) is 5.73 Å². The monoisotopic (exact) mass is 259 g/mol. The number of aromatic nitrogens is 1. The summed E-state index contributed by atoms with van der Waals surface area (Å²) in [6, 6.07) is 7.12. The first-order valence-corrected chi connectivity index (χ1v) is 5.72. The molecule has 0 saturated carbocycles. The van der Waals surface area contributed by atoms with E-state index in [2.05, 4.69) is 15.3 Å². The number of nitrogens with one attached hydrogen (secondary N) is 1. The zero-order chi connectivity index (χ0) is 13.8. The van der Waals surface area contributed by atoms with Crippen molar-refractivity contribution in [2.75, 3.05) is 11.9 Å². The third-order valence-corrected chi connectivity index (χ3v) is 2.53. The van der Waals surface area contributed by atoms with Crippen LogP contribution in [0.25, 0.3) is 10.9 Å². The maximum atomic E-state index is 11.0. The summed E-state index contributed by atoms with van der Waals surface area (Å²) in [4.78, 5) is 18.6. The maximum absolute atomic E-state index is 11.0. The molecule has 3 N–H and O–H groups in total. The molecule has 1 aromatic heterocycles. The highest BCUT2D eigenvalue weighted by Gasteiger charge is 2.18. The number of guanidine groups is 1.